The summed E-state index contributed by atoms with van der Waals surface area (Å²) in [6.07, 6.45) is -5.29. The molecular formula is C11H13ClF3NO3S. The molecule has 0 heterocycles. The Morgan fingerprint density at radius 2 is 2.00 bits per heavy atom. The number of hydrogen-bond donors (Lipinski definition) is 2. The number of aliphatic hydroxyl groups is 1. The van der Waals surface area contributed by atoms with Crippen LogP contribution >= 0.6 is 11.6 Å². The average Bonchev–Trinajstić information content (AvgIpc) is 2.34. The normalized spacial score (nSPS) is 14.3. The second kappa shape index (κ2) is 6.30. The van der Waals surface area contributed by atoms with Crippen LogP contribution in [0.5, 0.6) is 0 Å². The van der Waals surface area contributed by atoms with Crippen LogP contribution in [-0.2, 0) is 16.2 Å². The van der Waals surface area contributed by atoms with Gasteiger partial charge in [-0.15, -0.1) is 0 Å². The molecular weight excluding hydrogens is 319 g/mol. The van der Waals surface area contributed by atoms with Crippen molar-refractivity contribution in [2.24, 2.45) is 0 Å². The zero-order valence-electron chi connectivity index (χ0n) is 10.4. The summed E-state index contributed by atoms with van der Waals surface area (Å²) in [5.74, 6) is 0. The molecule has 0 aliphatic heterocycles. The molecule has 0 aliphatic carbocycles. The number of halogens is 4. The molecule has 0 saturated carbocycles. The standard InChI is InChI=1S/C11H13ClF3NO3S/c1-2-8(17)6-16-20(18,19)10-5-7(11(13,14)15)3-4-9(10)12/h3-5,8,16-17H,2,6H2,1H3. The van der Waals surface area contributed by atoms with Crippen molar-refractivity contribution in [1.29, 1.82) is 0 Å². The lowest BCUT2D eigenvalue weighted by atomic mass is 10.2. The lowest BCUT2D eigenvalue weighted by Gasteiger charge is -2.13. The Morgan fingerprint density at radius 1 is 1.40 bits per heavy atom. The number of alkyl halides is 3. The molecule has 4 nitrogen and oxygen atoms in total. The summed E-state index contributed by atoms with van der Waals surface area (Å²) in [7, 11) is -4.22. The maximum Gasteiger partial charge on any atom is 0.416 e. The molecule has 0 aromatic heterocycles. The van der Waals surface area contributed by atoms with Gasteiger partial charge < -0.3 is 5.11 Å². The van der Waals surface area contributed by atoms with Crippen molar-refractivity contribution in [3.05, 3.63) is 28.8 Å². The van der Waals surface area contributed by atoms with E-state index >= 15 is 0 Å². The molecule has 1 aromatic carbocycles. The first-order chi connectivity index (χ1) is 9.08. The van der Waals surface area contributed by atoms with Crippen molar-refractivity contribution in [3.63, 3.8) is 0 Å². The Morgan fingerprint density at radius 3 is 2.50 bits per heavy atom. The van der Waals surface area contributed by atoms with Crippen LogP contribution in [0.3, 0.4) is 0 Å². The summed E-state index contributed by atoms with van der Waals surface area (Å²) >= 11 is 5.63. The van der Waals surface area contributed by atoms with Crippen molar-refractivity contribution in [3.8, 4) is 0 Å². The molecule has 0 amide bonds. The summed E-state index contributed by atoms with van der Waals surface area (Å²) in [6.45, 7) is 1.33. The van der Waals surface area contributed by atoms with Crippen LogP contribution in [0.25, 0.3) is 0 Å². The molecule has 9 heteroatoms. The highest BCUT2D eigenvalue weighted by molar-refractivity contribution is 7.89. The summed E-state index contributed by atoms with van der Waals surface area (Å²) in [5.41, 5.74) is -1.11. The number of sulfonamides is 1. The largest absolute Gasteiger partial charge is 0.416 e. The van der Waals surface area contributed by atoms with E-state index in [-0.39, 0.29) is 11.6 Å². The van der Waals surface area contributed by atoms with Gasteiger partial charge in [-0.05, 0) is 24.6 Å². The molecule has 0 spiro atoms. The van der Waals surface area contributed by atoms with Gasteiger partial charge in [0.2, 0.25) is 10.0 Å². The van der Waals surface area contributed by atoms with Gasteiger partial charge in [-0.1, -0.05) is 18.5 Å². The van der Waals surface area contributed by atoms with E-state index in [1.54, 1.807) is 6.92 Å². The van der Waals surface area contributed by atoms with E-state index in [2.05, 4.69) is 0 Å². The van der Waals surface area contributed by atoms with Gasteiger partial charge in [-0.2, -0.15) is 13.2 Å². The third kappa shape index (κ3) is 4.34. The summed E-state index contributed by atoms with van der Waals surface area (Å²) in [5, 5.41) is 8.96. The number of nitrogens with one attached hydrogen (secondary N) is 1. The predicted octanol–water partition coefficient (Wildman–Crippen LogP) is 2.41. The number of benzene rings is 1. The minimum absolute atomic E-state index is 0.300. The summed E-state index contributed by atoms with van der Waals surface area (Å²) in [6, 6.07) is 2.03. The van der Waals surface area contributed by atoms with Gasteiger partial charge in [0.05, 0.1) is 16.7 Å². The fourth-order valence-corrected chi connectivity index (χ4v) is 2.91. The van der Waals surface area contributed by atoms with Gasteiger partial charge in [0.15, 0.2) is 0 Å². The fourth-order valence-electron chi connectivity index (χ4n) is 1.31. The molecule has 1 aromatic rings. The molecule has 1 rings (SSSR count). The van der Waals surface area contributed by atoms with Crippen molar-refractivity contribution >= 4 is 21.6 Å². The van der Waals surface area contributed by atoms with Crippen molar-refractivity contribution < 1.29 is 26.7 Å². The highest BCUT2D eigenvalue weighted by Crippen LogP contribution is 2.33. The molecule has 20 heavy (non-hydrogen) atoms. The highest BCUT2D eigenvalue weighted by atomic mass is 35.5. The second-order valence-electron chi connectivity index (χ2n) is 4.06. The van der Waals surface area contributed by atoms with Crippen LogP contribution in [0.1, 0.15) is 18.9 Å². The number of rotatable bonds is 5. The van der Waals surface area contributed by atoms with E-state index in [1.807, 2.05) is 4.72 Å². The Balaban J connectivity index is 3.11. The van der Waals surface area contributed by atoms with Crippen LogP contribution in [0.2, 0.25) is 5.02 Å². The van der Waals surface area contributed by atoms with Crippen molar-refractivity contribution in [2.75, 3.05) is 6.54 Å². The molecule has 0 radical (unpaired) electrons. The zero-order chi connectivity index (χ0) is 15.6. The molecule has 1 unspecified atom stereocenters. The molecule has 0 saturated heterocycles. The maximum absolute atomic E-state index is 12.6. The number of aliphatic hydroxyl groups excluding tert-OH is 1. The second-order valence-corrected chi connectivity index (χ2v) is 6.20. The Labute approximate surface area is 119 Å². The molecule has 2 N–H and O–H groups in total. The third-order valence-electron chi connectivity index (χ3n) is 2.53. The average molecular weight is 332 g/mol. The first kappa shape index (κ1) is 17.2. The van der Waals surface area contributed by atoms with Gasteiger partial charge in [0.1, 0.15) is 4.90 Å². The Hall–Kier alpha value is -0.830. The lowest BCUT2D eigenvalue weighted by Crippen LogP contribution is -2.32. The molecule has 114 valence electrons. The van der Waals surface area contributed by atoms with Crippen LogP contribution in [0.15, 0.2) is 23.1 Å². The summed E-state index contributed by atoms with van der Waals surface area (Å²) in [4.78, 5) is -0.669. The van der Waals surface area contributed by atoms with Crippen molar-refractivity contribution in [1.82, 2.24) is 4.72 Å². The molecule has 0 fully saturated rings. The molecule has 0 aliphatic rings. The van der Waals surface area contributed by atoms with Crippen LogP contribution in [-0.4, -0.2) is 26.2 Å². The van der Waals surface area contributed by atoms with E-state index < -0.39 is 32.8 Å². The van der Waals surface area contributed by atoms with Gasteiger partial charge in [-0.25, -0.2) is 13.1 Å². The Kier molecular flexibility index (Phi) is 5.42. The third-order valence-corrected chi connectivity index (χ3v) is 4.43. The first-order valence-corrected chi connectivity index (χ1v) is 7.48. The van der Waals surface area contributed by atoms with Crippen LogP contribution in [0, 0.1) is 0 Å². The van der Waals surface area contributed by atoms with E-state index in [0.29, 0.717) is 18.6 Å². The van der Waals surface area contributed by atoms with Crippen LogP contribution in [0.4, 0.5) is 13.2 Å². The zero-order valence-corrected chi connectivity index (χ0v) is 12.0. The lowest BCUT2D eigenvalue weighted by molar-refractivity contribution is -0.137. The SMILES string of the molecule is CCC(O)CNS(=O)(=O)c1cc(C(F)(F)F)ccc1Cl. The number of hydrogen-bond acceptors (Lipinski definition) is 3. The van der Waals surface area contributed by atoms with Gasteiger partial charge in [0.25, 0.3) is 0 Å². The quantitative estimate of drug-likeness (QED) is 0.870. The Bertz CT molecular complexity index is 575. The monoisotopic (exact) mass is 331 g/mol. The minimum atomic E-state index is -4.67. The first-order valence-electron chi connectivity index (χ1n) is 5.62. The fraction of sp³-hybridized carbons (Fsp3) is 0.455. The molecule has 1 atom stereocenters. The van der Waals surface area contributed by atoms with Gasteiger partial charge in [-0.3, -0.25) is 0 Å². The van der Waals surface area contributed by atoms with E-state index in [4.69, 9.17) is 11.6 Å². The van der Waals surface area contributed by atoms with E-state index in [9.17, 15) is 26.7 Å². The molecule has 0 bridgehead atoms. The topological polar surface area (TPSA) is 66.4 Å². The maximum atomic E-state index is 12.6. The summed E-state index contributed by atoms with van der Waals surface area (Å²) < 4.78 is 63.4. The smallest absolute Gasteiger partial charge is 0.392 e. The van der Waals surface area contributed by atoms with Crippen LogP contribution < -0.4 is 4.72 Å². The van der Waals surface area contributed by atoms with E-state index in [0.717, 1.165) is 6.07 Å². The van der Waals surface area contributed by atoms with E-state index in [1.165, 1.54) is 0 Å². The van der Waals surface area contributed by atoms with Gasteiger partial charge >= 0.3 is 6.18 Å². The minimum Gasteiger partial charge on any atom is -0.392 e. The highest BCUT2D eigenvalue weighted by Gasteiger charge is 2.32. The predicted molar refractivity (Wildman–Crippen MR) is 67.9 cm³/mol. The van der Waals surface area contributed by atoms with Crippen molar-refractivity contribution in [2.45, 2.75) is 30.5 Å². The van der Waals surface area contributed by atoms with Gasteiger partial charge in [0, 0.05) is 6.54 Å².